The van der Waals surface area contributed by atoms with Crippen LogP contribution in [0.25, 0.3) is 0 Å². The maximum Gasteiger partial charge on any atom is 0.219 e. The third-order valence-corrected chi connectivity index (χ3v) is 2.24. The molecule has 94 valence electrons. The van der Waals surface area contributed by atoms with Crippen molar-refractivity contribution in [3.63, 3.8) is 0 Å². The van der Waals surface area contributed by atoms with E-state index in [0.717, 1.165) is 0 Å². The molecular formula is C8H14ClNO6. The van der Waals surface area contributed by atoms with E-state index in [0.29, 0.717) is 0 Å². The average Bonchev–Trinajstić information content (AvgIpc) is 2.32. The normalized spacial score (nSPS) is 18.6. The van der Waals surface area contributed by atoms with E-state index in [1.165, 1.54) is 0 Å². The van der Waals surface area contributed by atoms with Gasteiger partial charge in [-0.15, -0.1) is 11.6 Å². The second-order valence-corrected chi connectivity index (χ2v) is 3.45. The molecule has 0 aliphatic carbocycles. The minimum atomic E-state index is -1.86. The van der Waals surface area contributed by atoms with Crippen LogP contribution in [0, 0.1) is 0 Å². The number of carbonyl (C=O) groups excluding carboxylic acids is 2. The highest BCUT2D eigenvalue weighted by Crippen LogP contribution is 2.05. The van der Waals surface area contributed by atoms with Gasteiger partial charge in [-0.2, -0.15) is 0 Å². The molecule has 0 aromatic rings. The summed E-state index contributed by atoms with van der Waals surface area (Å²) in [6, 6.07) is -1.69. The molecule has 0 rings (SSSR count). The van der Waals surface area contributed by atoms with Crippen LogP contribution in [0.2, 0.25) is 0 Å². The summed E-state index contributed by atoms with van der Waals surface area (Å²) in [6.07, 6.45) is -5.34. The molecule has 16 heavy (non-hydrogen) atoms. The first-order chi connectivity index (χ1) is 7.36. The van der Waals surface area contributed by atoms with E-state index in [2.05, 4.69) is 0 Å². The van der Waals surface area contributed by atoms with Crippen LogP contribution in [0.3, 0.4) is 0 Å². The highest BCUT2D eigenvalue weighted by atomic mass is 35.5. The van der Waals surface area contributed by atoms with Gasteiger partial charge in [-0.3, -0.25) is 9.59 Å². The molecule has 7 nitrogen and oxygen atoms in total. The zero-order chi connectivity index (χ0) is 12.9. The number of aliphatic hydroxyl groups excluding tert-OH is 4. The number of ketones is 2. The number of hydrogen-bond donors (Lipinski definition) is 5. The van der Waals surface area contributed by atoms with Crippen LogP contribution < -0.4 is 5.73 Å². The van der Waals surface area contributed by atoms with Crippen molar-refractivity contribution in [3.05, 3.63) is 0 Å². The third kappa shape index (κ3) is 3.78. The standard InChI is InChI=1S/C8H14ClNO6/c9-1-3(12)6(14)5(10)8(16)7(15)4(13)2-11/h4-5,7-8,11,13,15-16H,1-2,10H2/t4-,5+,7+,8-/m1/s1. The van der Waals surface area contributed by atoms with Crippen molar-refractivity contribution in [1.29, 1.82) is 0 Å². The molecule has 0 unspecified atom stereocenters. The molecule has 4 atom stereocenters. The second-order valence-electron chi connectivity index (χ2n) is 3.18. The lowest BCUT2D eigenvalue weighted by Crippen LogP contribution is -2.54. The van der Waals surface area contributed by atoms with E-state index in [1.54, 1.807) is 0 Å². The molecule has 0 heterocycles. The Morgan fingerprint density at radius 3 is 2.06 bits per heavy atom. The molecule has 0 aliphatic rings. The minimum absolute atomic E-state index is 0.585. The van der Waals surface area contributed by atoms with Gasteiger partial charge in [0.05, 0.1) is 12.5 Å². The molecule has 0 aromatic heterocycles. The van der Waals surface area contributed by atoms with E-state index in [4.69, 9.17) is 27.5 Å². The van der Waals surface area contributed by atoms with Gasteiger partial charge in [0, 0.05) is 0 Å². The van der Waals surface area contributed by atoms with Crippen molar-refractivity contribution in [2.24, 2.45) is 5.73 Å². The van der Waals surface area contributed by atoms with Crippen molar-refractivity contribution < 1.29 is 30.0 Å². The number of carbonyl (C=O) groups is 2. The van der Waals surface area contributed by atoms with Crippen molar-refractivity contribution in [3.8, 4) is 0 Å². The molecule has 0 saturated carbocycles. The molecule has 0 aliphatic heterocycles. The number of hydrogen-bond acceptors (Lipinski definition) is 7. The molecule has 6 N–H and O–H groups in total. The third-order valence-electron chi connectivity index (χ3n) is 2.00. The summed E-state index contributed by atoms with van der Waals surface area (Å²) in [6.45, 7) is -0.817. The van der Waals surface area contributed by atoms with Gasteiger partial charge >= 0.3 is 0 Å². The SMILES string of the molecule is N[C@@H](C(=O)C(=O)CCl)[C@@H](O)[C@@H](O)[C@H](O)CO. The quantitative estimate of drug-likeness (QED) is 0.238. The number of nitrogens with two attached hydrogens (primary N) is 1. The molecule has 0 aromatic carbocycles. The summed E-state index contributed by atoms with van der Waals surface area (Å²) in [7, 11) is 0. The van der Waals surface area contributed by atoms with E-state index in [1.807, 2.05) is 0 Å². The van der Waals surface area contributed by atoms with Crippen LogP contribution in [0.4, 0.5) is 0 Å². The summed E-state index contributed by atoms with van der Waals surface area (Å²) in [5, 5.41) is 36.0. The Hall–Kier alpha value is -0.570. The van der Waals surface area contributed by atoms with E-state index in [9.17, 15) is 19.8 Å². The summed E-state index contributed by atoms with van der Waals surface area (Å²) in [5.74, 6) is -2.73. The lowest BCUT2D eigenvalue weighted by atomic mass is 9.97. The number of aliphatic hydroxyl groups is 4. The molecule has 0 saturated heterocycles. The van der Waals surface area contributed by atoms with E-state index in [-0.39, 0.29) is 0 Å². The Labute approximate surface area is 96.4 Å². The minimum Gasteiger partial charge on any atom is -0.394 e. The number of alkyl halides is 1. The largest absolute Gasteiger partial charge is 0.394 e. The van der Waals surface area contributed by atoms with Gasteiger partial charge in [0.2, 0.25) is 11.6 Å². The highest BCUT2D eigenvalue weighted by Gasteiger charge is 2.35. The summed E-state index contributed by atoms with van der Waals surface area (Å²) >= 11 is 5.11. The lowest BCUT2D eigenvalue weighted by molar-refractivity contribution is -0.140. The molecular weight excluding hydrogens is 242 g/mol. The lowest BCUT2D eigenvalue weighted by Gasteiger charge is -2.24. The zero-order valence-corrected chi connectivity index (χ0v) is 9.04. The van der Waals surface area contributed by atoms with Gasteiger partial charge in [-0.25, -0.2) is 0 Å². The maximum absolute atomic E-state index is 11.2. The maximum atomic E-state index is 11.2. The van der Waals surface area contributed by atoms with Gasteiger partial charge < -0.3 is 26.2 Å². The summed E-state index contributed by atoms with van der Waals surface area (Å²) < 4.78 is 0. The average molecular weight is 256 g/mol. The number of halogens is 1. The number of rotatable bonds is 7. The van der Waals surface area contributed by atoms with Crippen molar-refractivity contribution in [1.82, 2.24) is 0 Å². The van der Waals surface area contributed by atoms with Crippen molar-refractivity contribution in [2.75, 3.05) is 12.5 Å². The summed E-state index contributed by atoms with van der Waals surface area (Å²) in [4.78, 5) is 22.0. The van der Waals surface area contributed by atoms with Crippen LogP contribution in [0.15, 0.2) is 0 Å². The van der Waals surface area contributed by atoms with E-state index >= 15 is 0 Å². The van der Waals surface area contributed by atoms with Crippen LogP contribution >= 0.6 is 11.6 Å². The fourth-order valence-corrected chi connectivity index (χ4v) is 1.09. The Morgan fingerprint density at radius 1 is 1.19 bits per heavy atom. The number of Topliss-reactive ketones (excluding diaryl/α,β-unsaturated/α-hetero) is 2. The molecule has 0 bridgehead atoms. The highest BCUT2D eigenvalue weighted by molar-refractivity contribution is 6.48. The Morgan fingerprint density at radius 2 is 1.69 bits per heavy atom. The van der Waals surface area contributed by atoms with Gasteiger partial charge in [-0.05, 0) is 0 Å². The topological polar surface area (TPSA) is 141 Å². The monoisotopic (exact) mass is 255 g/mol. The van der Waals surface area contributed by atoms with Gasteiger partial charge in [0.1, 0.15) is 24.4 Å². The molecule has 8 heteroatoms. The first kappa shape index (κ1) is 15.4. The van der Waals surface area contributed by atoms with Crippen LogP contribution in [-0.4, -0.2) is 68.8 Å². The molecule has 0 amide bonds. The van der Waals surface area contributed by atoms with Crippen molar-refractivity contribution in [2.45, 2.75) is 24.4 Å². The van der Waals surface area contributed by atoms with Crippen LogP contribution in [-0.2, 0) is 9.59 Å². The Kier molecular flexibility index (Phi) is 6.65. The Bertz CT molecular complexity index is 261. The van der Waals surface area contributed by atoms with Crippen LogP contribution in [0.5, 0.6) is 0 Å². The predicted molar refractivity (Wildman–Crippen MR) is 53.8 cm³/mol. The molecule has 0 spiro atoms. The Balaban J connectivity index is 4.54. The van der Waals surface area contributed by atoms with E-state index < -0.39 is 48.4 Å². The predicted octanol–water partition coefficient (Wildman–Crippen LogP) is -3.23. The first-order valence-electron chi connectivity index (χ1n) is 4.40. The molecule has 0 fully saturated rings. The van der Waals surface area contributed by atoms with Crippen LogP contribution in [0.1, 0.15) is 0 Å². The van der Waals surface area contributed by atoms with Gasteiger partial charge in [-0.1, -0.05) is 0 Å². The van der Waals surface area contributed by atoms with Crippen molar-refractivity contribution >= 4 is 23.2 Å². The first-order valence-corrected chi connectivity index (χ1v) is 4.93. The fourth-order valence-electron chi connectivity index (χ4n) is 0.955. The zero-order valence-electron chi connectivity index (χ0n) is 8.28. The summed E-state index contributed by atoms with van der Waals surface area (Å²) in [5.41, 5.74) is 5.20. The smallest absolute Gasteiger partial charge is 0.219 e. The second kappa shape index (κ2) is 6.89. The fraction of sp³-hybridized carbons (Fsp3) is 0.750. The molecule has 0 radical (unpaired) electrons. The van der Waals surface area contributed by atoms with Gasteiger partial charge in [0.15, 0.2) is 0 Å². The van der Waals surface area contributed by atoms with Gasteiger partial charge in [0.25, 0.3) is 0 Å².